The van der Waals surface area contributed by atoms with Crippen LogP contribution in [0.2, 0.25) is 0 Å². The van der Waals surface area contributed by atoms with Crippen LogP contribution >= 0.6 is 0 Å². The van der Waals surface area contributed by atoms with Gasteiger partial charge in [-0.3, -0.25) is 0 Å². The highest BCUT2D eigenvalue weighted by Gasteiger charge is 2.18. The monoisotopic (exact) mass is 273 g/mol. The van der Waals surface area contributed by atoms with Gasteiger partial charge in [-0.1, -0.05) is 33.8 Å². The molecular formula is C16H23N3O. The van der Waals surface area contributed by atoms with Crippen LogP contribution in [0, 0.1) is 29.1 Å². The number of hydrogen-bond acceptors (Lipinski definition) is 2. The zero-order chi connectivity index (χ0) is 15.1. The Morgan fingerprint density at radius 1 is 1.25 bits per heavy atom. The van der Waals surface area contributed by atoms with Crippen molar-refractivity contribution in [1.82, 2.24) is 5.32 Å². The van der Waals surface area contributed by atoms with E-state index in [1.54, 1.807) is 24.3 Å². The van der Waals surface area contributed by atoms with Gasteiger partial charge in [-0.15, -0.1) is 0 Å². The quantitative estimate of drug-likeness (QED) is 0.860. The number of benzene rings is 1. The minimum Gasteiger partial charge on any atom is -0.338 e. The number of hydrogen-bond donors (Lipinski definition) is 2. The summed E-state index contributed by atoms with van der Waals surface area (Å²) in [5.74, 6) is 1.50. The number of anilines is 1. The van der Waals surface area contributed by atoms with Gasteiger partial charge in [0.25, 0.3) is 0 Å². The Morgan fingerprint density at radius 2 is 1.90 bits per heavy atom. The van der Waals surface area contributed by atoms with Crippen molar-refractivity contribution in [2.75, 3.05) is 11.9 Å². The number of nitriles is 1. The van der Waals surface area contributed by atoms with Gasteiger partial charge in [-0.25, -0.2) is 4.79 Å². The van der Waals surface area contributed by atoms with E-state index in [1.165, 1.54) is 0 Å². The Bertz CT molecular complexity index is 481. The molecule has 0 spiro atoms. The van der Waals surface area contributed by atoms with Crippen LogP contribution in [0.3, 0.4) is 0 Å². The molecule has 0 radical (unpaired) electrons. The minimum absolute atomic E-state index is 0.230. The van der Waals surface area contributed by atoms with Crippen LogP contribution in [-0.2, 0) is 0 Å². The molecule has 2 amide bonds. The van der Waals surface area contributed by atoms with Gasteiger partial charge in [0.05, 0.1) is 11.6 Å². The summed E-state index contributed by atoms with van der Waals surface area (Å²) in [5.41, 5.74) is 1.16. The molecule has 20 heavy (non-hydrogen) atoms. The van der Waals surface area contributed by atoms with Crippen molar-refractivity contribution in [2.24, 2.45) is 17.8 Å². The molecule has 0 unspecified atom stereocenters. The molecule has 4 heteroatoms. The largest absolute Gasteiger partial charge is 0.338 e. The first-order valence-corrected chi connectivity index (χ1v) is 6.99. The number of carbonyl (C=O) groups is 1. The van der Waals surface area contributed by atoms with Crippen LogP contribution in [0.4, 0.5) is 10.5 Å². The van der Waals surface area contributed by atoms with Crippen molar-refractivity contribution >= 4 is 11.7 Å². The molecule has 0 saturated heterocycles. The topological polar surface area (TPSA) is 64.9 Å². The summed E-state index contributed by atoms with van der Waals surface area (Å²) in [6.07, 6.45) is 0. The first-order chi connectivity index (χ1) is 9.43. The van der Waals surface area contributed by atoms with E-state index in [0.717, 1.165) is 0 Å². The average Bonchev–Trinajstić information content (AvgIpc) is 2.38. The van der Waals surface area contributed by atoms with Gasteiger partial charge in [-0.05, 0) is 36.0 Å². The van der Waals surface area contributed by atoms with Crippen molar-refractivity contribution in [2.45, 2.75) is 27.7 Å². The summed E-state index contributed by atoms with van der Waals surface area (Å²) in [4.78, 5) is 11.9. The number of amides is 2. The molecule has 1 aromatic carbocycles. The molecular weight excluding hydrogens is 250 g/mol. The number of urea groups is 1. The van der Waals surface area contributed by atoms with Gasteiger partial charge in [-0.2, -0.15) is 5.26 Å². The third kappa shape index (κ3) is 4.93. The molecule has 4 nitrogen and oxygen atoms in total. The lowest BCUT2D eigenvalue weighted by atomic mass is 9.85. The van der Waals surface area contributed by atoms with E-state index in [-0.39, 0.29) is 6.03 Å². The van der Waals surface area contributed by atoms with E-state index < -0.39 is 0 Å². The van der Waals surface area contributed by atoms with Crippen molar-refractivity contribution in [3.05, 3.63) is 29.8 Å². The molecule has 108 valence electrons. The summed E-state index contributed by atoms with van der Waals surface area (Å²) >= 11 is 0. The van der Waals surface area contributed by atoms with Crippen molar-refractivity contribution in [3.63, 3.8) is 0 Å². The molecule has 2 N–H and O–H groups in total. The van der Waals surface area contributed by atoms with Gasteiger partial charge >= 0.3 is 6.03 Å². The fourth-order valence-corrected chi connectivity index (χ4v) is 2.29. The Hall–Kier alpha value is -2.02. The van der Waals surface area contributed by atoms with E-state index >= 15 is 0 Å². The molecule has 0 atom stereocenters. The number of carbonyl (C=O) groups excluding carboxylic acids is 1. The predicted octanol–water partition coefficient (Wildman–Crippen LogP) is 3.61. The van der Waals surface area contributed by atoms with Crippen LogP contribution in [-0.4, -0.2) is 12.6 Å². The second-order valence-corrected chi connectivity index (χ2v) is 5.68. The lowest BCUT2D eigenvalue weighted by Gasteiger charge is -2.25. The highest BCUT2D eigenvalue weighted by atomic mass is 16.2. The summed E-state index contributed by atoms with van der Waals surface area (Å²) in [7, 11) is 0. The lowest BCUT2D eigenvalue weighted by molar-refractivity contribution is 0.239. The number of nitrogens with zero attached hydrogens (tertiary/aromatic N) is 1. The van der Waals surface area contributed by atoms with Crippen molar-refractivity contribution < 1.29 is 4.79 Å². The molecule has 0 aliphatic carbocycles. The third-order valence-electron chi connectivity index (χ3n) is 3.46. The van der Waals surface area contributed by atoms with Crippen LogP contribution in [0.5, 0.6) is 0 Å². The third-order valence-corrected chi connectivity index (χ3v) is 3.46. The van der Waals surface area contributed by atoms with Crippen LogP contribution in [0.1, 0.15) is 33.3 Å². The van der Waals surface area contributed by atoms with Gasteiger partial charge in [0, 0.05) is 12.2 Å². The smallest absolute Gasteiger partial charge is 0.319 e. The summed E-state index contributed by atoms with van der Waals surface area (Å²) in [6.45, 7) is 9.32. The zero-order valence-corrected chi connectivity index (χ0v) is 12.6. The second kappa shape index (κ2) is 7.54. The Kier molecular flexibility index (Phi) is 6.05. The SMILES string of the molecule is CC(C)C(CNC(=O)Nc1cccc(C#N)c1)C(C)C. The molecule has 0 aliphatic rings. The number of rotatable bonds is 5. The highest BCUT2D eigenvalue weighted by molar-refractivity contribution is 5.89. The first kappa shape index (κ1) is 16.0. The molecule has 0 aliphatic heterocycles. The second-order valence-electron chi connectivity index (χ2n) is 5.68. The normalized spacial score (nSPS) is 10.7. The zero-order valence-electron chi connectivity index (χ0n) is 12.6. The summed E-state index contributed by atoms with van der Waals surface area (Å²) in [6, 6.07) is 8.69. The maximum atomic E-state index is 11.9. The van der Waals surface area contributed by atoms with Crippen molar-refractivity contribution in [3.8, 4) is 6.07 Å². The fraction of sp³-hybridized carbons (Fsp3) is 0.500. The molecule has 1 rings (SSSR count). The van der Waals surface area contributed by atoms with E-state index in [1.807, 2.05) is 6.07 Å². The average molecular weight is 273 g/mol. The Balaban J connectivity index is 2.53. The number of nitrogens with one attached hydrogen (secondary N) is 2. The standard InChI is InChI=1S/C16H23N3O/c1-11(2)15(12(3)4)10-18-16(20)19-14-7-5-6-13(8-14)9-17/h5-8,11-12,15H,10H2,1-4H3,(H2,18,19,20). The van der Waals surface area contributed by atoms with Gasteiger partial charge in [0.2, 0.25) is 0 Å². The molecule has 0 bridgehead atoms. The summed E-state index contributed by atoms with van der Waals surface area (Å²) in [5, 5.41) is 14.5. The van der Waals surface area contributed by atoms with Crippen molar-refractivity contribution in [1.29, 1.82) is 5.26 Å². The maximum absolute atomic E-state index is 11.9. The van der Waals surface area contributed by atoms with E-state index in [9.17, 15) is 4.79 Å². The Morgan fingerprint density at radius 3 is 2.45 bits per heavy atom. The van der Waals surface area contributed by atoms with Crippen LogP contribution < -0.4 is 10.6 Å². The molecule has 1 aromatic rings. The van der Waals surface area contributed by atoms with Crippen LogP contribution in [0.25, 0.3) is 0 Å². The summed E-state index contributed by atoms with van der Waals surface area (Å²) < 4.78 is 0. The lowest BCUT2D eigenvalue weighted by Crippen LogP contribution is -2.36. The molecule has 0 fully saturated rings. The van der Waals surface area contributed by atoms with Gasteiger partial charge in [0.1, 0.15) is 0 Å². The molecule has 0 heterocycles. The maximum Gasteiger partial charge on any atom is 0.319 e. The van der Waals surface area contributed by atoms with E-state index in [4.69, 9.17) is 5.26 Å². The molecule has 0 aromatic heterocycles. The Labute approximate surface area is 121 Å². The fourth-order valence-electron chi connectivity index (χ4n) is 2.29. The molecule has 0 saturated carbocycles. The van der Waals surface area contributed by atoms with E-state index in [2.05, 4.69) is 38.3 Å². The van der Waals surface area contributed by atoms with Crippen LogP contribution in [0.15, 0.2) is 24.3 Å². The predicted molar refractivity (Wildman–Crippen MR) is 81.3 cm³/mol. The van der Waals surface area contributed by atoms with E-state index in [0.29, 0.717) is 35.5 Å². The highest BCUT2D eigenvalue weighted by Crippen LogP contribution is 2.19. The minimum atomic E-state index is -0.230. The van der Waals surface area contributed by atoms with Gasteiger partial charge < -0.3 is 10.6 Å². The first-order valence-electron chi connectivity index (χ1n) is 6.99. The van der Waals surface area contributed by atoms with Gasteiger partial charge in [0.15, 0.2) is 0 Å².